The number of aromatic nitrogens is 2. The van der Waals surface area contributed by atoms with Crippen LogP contribution in [0.5, 0.6) is 0 Å². The number of ether oxygens (including phenoxy) is 1. The number of fused-ring (bicyclic) bond motifs is 1. The fourth-order valence-corrected chi connectivity index (χ4v) is 13.4. The first kappa shape index (κ1) is 29.5. The molecule has 1 aliphatic carbocycles. The lowest BCUT2D eigenvalue weighted by Gasteiger charge is -2.39. The van der Waals surface area contributed by atoms with Gasteiger partial charge in [0.25, 0.3) is 0 Å². The van der Waals surface area contributed by atoms with E-state index >= 15 is 0 Å². The van der Waals surface area contributed by atoms with Gasteiger partial charge in [-0.2, -0.15) is 4.98 Å². The van der Waals surface area contributed by atoms with Crippen molar-refractivity contribution in [2.75, 3.05) is 12.3 Å². The Morgan fingerprint density at radius 2 is 2.14 bits per heavy atom. The van der Waals surface area contributed by atoms with E-state index in [4.69, 9.17) is 35.8 Å². The van der Waals surface area contributed by atoms with Gasteiger partial charge in [0, 0.05) is 17.4 Å². The molecule has 1 saturated carbocycles. The maximum Gasteiger partial charge on any atom is 0.351 e. The third-order valence-electron chi connectivity index (χ3n) is 8.43. The fraction of sp³-hybridized carbons (Fsp3) is 0.760. The van der Waals surface area contributed by atoms with Crippen LogP contribution in [0, 0.1) is 5.92 Å². The highest BCUT2D eigenvalue weighted by atomic mass is 32.9. The Bertz CT molecular complexity index is 1140. The first-order valence-corrected chi connectivity index (χ1v) is 20.0. The monoisotopic (exact) mass is 587 g/mol. The van der Waals surface area contributed by atoms with Gasteiger partial charge in [-0.1, -0.05) is 44.3 Å². The maximum absolute atomic E-state index is 12.5. The molecule has 0 amide bonds. The van der Waals surface area contributed by atoms with Crippen LogP contribution in [0.3, 0.4) is 0 Å². The molecule has 12 heteroatoms. The van der Waals surface area contributed by atoms with Gasteiger partial charge in [-0.25, -0.2) is 4.79 Å². The molecule has 37 heavy (non-hydrogen) atoms. The third-order valence-corrected chi connectivity index (χ3v) is 18.8. The van der Waals surface area contributed by atoms with Gasteiger partial charge in [-0.05, 0) is 75.0 Å². The summed E-state index contributed by atoms with van der Waals surface area (Å²) >= 11 is 7.70. The molecule has 3 aliphatic rings. The van der Waals surface area contributed by atoms with Gasteiger partial charge in [0.15, 0.2) is 8.32 Å². The Kier molecular flexibility index (Phi) is 8.33. The molecule has 2 N–H and O–H groups in total. The molecule has 1 unspecified atom stereocenters. The number of anilines is 1. The first-order valence-electron chi connectivity index (χ1n) is 13.0. The summed E-state index contributed by atoms with van der Waals surface area (Å²) in [5.74, 6) is 0.652. The second-order valence-electron chi connectivity index (χ2n) is 12.4. The summed E-state index contributed by atoms with van der Waals surface area (Å²) in [7, 11) is -2.12. The van der Waals surface area contributed by atoms with Crippen LogP contribution in [0.25, 0.3) is 0 Å². The molecule has 4 rings (SSSR count). The van der Waals surface area contributed by atoms with Crippen LogP contribution in [0.15, 0.2) is 29.2 Å². The summed E-state index contributed by atoms with van der Waals surface area (Å²) in [6.45, 7) is 19.8. The zero-order valence-corrected chi connectivity index (χ0v) is 26.6. The zero-order valence-electron chi connectivity index (χ0n) is 23.1. The predicted molar refractivity (Wildman–Crippen MR) is 157 cm³/mol. The van der Waals surface area contributed by atoms with Gasteiger partial charge >= 0.3 is 5.69 Å². The second kappa shape index (κ2) is 10.5. The number of nitrogens with two attached hydrogens (primary N) is 1. The Morgan fingerprint density at radius 3 is 2.76 bits per heavy atom. The van der Waals surface area contributed by atoms with E-state index in [0.717, 1.165) is 19.3 Å². The molecule has 2 saturated heterocycles. The SMILES string of the molecule is C=C(C)[C@H]1CC[C@@]2(C)S[P@](=S)(OC[C@H]3O[C@@H](n4ccc(N)nc4=O)CC3O[Si](C)(C)C(C)(C)C)O[C@@H]2C1. The summed E-state index contributed by atoms with van der Waals surface area (Å²) < 4.78 is 27.5. The highest BCUT2D eigenvalue weighted by molar-refractivity contribution is 8.68. The number of allylic oxidation sites excluding steroid dienone is 1. The van der Waals surface area contributed by atoms with E-state index < -0.39 is 25.9 Å². The van der Waals surface area contributed by atoms with Crippen LogP contribution in [-0.2, 0) is 30.0 Å². The van der Waals surface area contributed by atoms with E-state index in [1.54, 1.807) is 23.6 Å². The second-order valence-corrected chi connectivity index (χ2v) is 23.7. The van der Waals surface area contributed by atoms with Crippen molar-refractivity contribution in [3.63, 3.8) is 0 Å². The van der Waals surface area contributed by atoms with Crippen LogP contribution in [0.4, 0.5) is 5.82 Å². The summed E-state index contributed by atoms with van der Waals surface area (Å²) in [6.07, 6.45) is 4.15. The van der Waals surface area contributed by atoms with E-state index in [-0.39, 0.29) is 40.5 Å². The minimum atomic E-state index is -2.57. The van der Waals surface area contributed by atoms with Crippen molar-refractivity contribution < 1.29 is 18.2 Å². The normalized spacial score (nSPS) is 36.5. The van der Waals surface area contributed by atoms with Crippen molar-refractivity contribution in [2.45, 2.75) is 108 Å². The van der Waals surface area contributed by atoms with Crippen molar-refractivity contribution in [3.05, 3.63) is 34.9 Å². The highest BCUT2D eigenvalue weighted by Crippen LogP contribution is 2.75. The molecule has 0 radical (unpaired) electrons. The van der Waals surface area contributed by atoms with Crippen LogP contribution < -0.4 is 11.4 Å². The molecule has 1 aromatic heterocycles. The number of nitrogen functional groups attached to an aromatic ring is 1. The van der Waals surface area contributed by atoms with E-state index in [1.807, 2.05) is 0 Å². The van der Waals surface area contributed by atoms with E-state index in [2.05, 4.69) is 59.3 Å². The molecule has 1 aromatic rings. The number of hydrogen-bond donors (Lipinski definition) is 1. The Labute approximate surface area is 231 Å². The summed E-state index contributed by atoms with van der Waals surface area (Å²) in [5, 5.41) is 0.0247. The lowest BCUT2D eigenvalue weighted by atomic mass is 9.77. The van der Waals surface area contributed by atoms with E-state index in [0.29, 0.717) is 12.3 Å². The Morgan fingerprint density at radius 1 is 1.43 bits per heavy atom. The molecule has 3 heterocycles. The Hall–Kier alpha value is -0.523. The fourth-order valence-electron chi connectivity index (χ4n) is 4.95. The summed E-state index contributed by atoms with van der Waals surface area (Å²) in [4.78, 5) is 16.4. The lowest BCUT2D eigenvalue weighted by molar-refractivity contribution is -0.0395. The molecule has 0 spiro atoms. The van der Waals surface area contributed by atoms with Crippen molar-refractivity contribution in [1.82, 2.24) is 9.55 Å². The van der Waals surface area contributed by atoms with Crippen molar-refractivity contribution >= 4 is 43.0 Å². The summed E-state index contributed by atoms with van der Waals surface area (Å²) in [6, 6.07) is 1.60. The molecule has 7 atom stereocenters. The molecule has 0 aromatic carbocycles. The minimum absolute atomic E-state index is 0.0247. The quantitative estimate of drug-likeness (QED) is 0.234. The standard InChI is InChI=1S/C25H42N3O5PS2Si/c1-16(2)17-9-11-25(6)20(13-17)32-34(35,36-25)30-15-19-18(33-37(7,8)24(3,4)5)14-22(31-19)28-12-10-21(26)27-23(28)29/h10,12,17-20,22H,1,9,11,13-15H2,2-8H3,(H2,26,27,29)/t17-,18?,19+,20+,22+,25+,34+/m0/s1. The number of nitrogens with zero attached hydrogens (tertiary/aromatic N) is 2. The average Bonchev–Trinajstić information content (AvgIpc) is 3.27. The smallest absolute Gasteiger partial charge is 0.351 e. The van der Waals surface area contributed by atoms with Crippen LogP contribution in [0.1, 0.15) is 66.5 Å². The molecule has 8 nitrogen and oxygen atoms in total. The van der Waals surface area contributed by atoms with Gasteiger partial charge in [0.05, 0.1) is 18.8 Å². The van der Waals surface area contributed by atoms with Crippen LogP contribution >= 0.6 is 17.1 Å². The van der Waals surface area contributed by atoms with Gasteiger partial charge < -0.3 is 23.9 Å². The van der Waals surface area contributed by atoms with Crippen LogP contribution in [-0.4, -0.2) is 47.5 Å². The van der Waals surface area contributed by atoms with Crippen LogP contribution in [0.2, 0.25) is 18.1 Å². The minimum Gasteiger partial charge on any atom is -0.411 e. The van der Waals surface area contributed by atoms with Crippen molar-refractivity contribution in [1.29, 1.82) is 0 Å². The average molecular weight is 588 g/mol. The van der Waals surface area contributed by atoms with Gasteiger partial charge in [-0.15, -0.1) is 0 Å². The molecule has 0 bridgehead atoms. The zero-order chi connectivity index (χ0) is 27.4. The molecule has 2 aliphatic heterocycles. The first-order chi connectivity index (χ1) is 17.0. The maximum atomic E-state index is 12.5. The topological polar surface area (TPSA) is 97.8 Å². The molecule has 3 fully saturated rings. The number of rotatable bonds is 7. The van der Waals surface area contributed by atoms with Gasteiger partial charge in [0.1, 0.15) is 18.1 Å². The molecular weight excluding hydrogens is 545 g/mol. The largest absolute Gasteiger partial charge is 0.411 e. The number of hydrogen-bond acceptors (Lipinski definition) is 9. The lowest BCUT2D eigenvalue weighted by Crippen LogP contribution is -2.46. The molecular formula is C25H42N3O5PS2Si. The Balaban J connectivity index is 1.50. The van der Waals surface area contributed by atoms with Crippen molar-refractivity contribution in [2.24, 2.45) is 5.92 Å². The third kappa shape index (κ3) is 6.29. The van der Waals surface area contributed by atoms with Crippen molar-refractivity contribution in [3.8, 4) is 0 Å². The highest BCUT2D eigenvalue weighted by Gasteiger charge is 2.54. The van der Waals surface area contributed by atoms with Gasteiger partial charge in [0.2, 0.25) is 5.69 Å². The van der Waals surface area contributed by atoms with Gasteiger partial charge in [-0.3, -0.25) is 4.57 Å². The molecule has 208 valence electrons. The van der Waals surface area contributed by atoms with E-state index in [9.17, 15) is 4.79 Å². The van der Waals surface area contributed by atoms with E-state index in [1.165, 1.54) is 10.1 Å². The summed E-state index contributed by atoms with van der Waals surface area (Å²) in [5.41, 5.74) is 3.89. The predicted octanol–water partition coefficient (Wildman–Crippen LogP) is 6.01.